The van der Waals surface area contributed by atoms with Gasteiger partial charge in [0, 0.05) is 23.5 Å². The number of nitrogens with two attached hydrogens (primary N) is 1. The lowest BCUT2D eigenvalue weighted by atomic mass is 10.0. The van der Waals surface area contributed by atoms with Gasteiger partial charge in [0.05, 0.1) is 12.6 Å². The molecule has 13 heteroatoms. The summed E-state index contributed by atoms with van der Waals surface area (Å²) in [5.41, 5.74) is 7.63. The SMILES string of the molecule is NC(Cc1c[nH]c2ccccc12)C(=O)NC(CO)C(=O)NC(CCC(=O)O)C(=O)NCC(=O)O. The first-order chi connectivity index (χ1) is 16.1. The van der Waals surface area contributed by atoms with Gasteiger partial charge in [-0.25, -0.2) is 0 Å². The van der Waals surface area contributed by atoms with Crippen molar-refractivity contribution in [1.82, 2.24) is 20.9 Å². The summed E-state index contributed by atoms with van der Waals surface area (Å²) in [5.74, 6) is -5.18. The van der Waals surface area contributed by atoms with Gasteiger partial charge in [-0.3, -0.25) is 24.0 Å². The number of amides is 3. The molecule has 0 aliphatic carbocycles. The molecule has 0 bridgehead atoms. The van der Waals surface area contributed by atoms with E-state index in [0.29, 0.717) is 0 Å². The highest BCUT2D eigenvalue weighted by Crippen LogP contribution is 2.18. The third kappa shape index (κ3) is 7.56. The van der Waals surface area contributed by atoms with E-state index in [9.17, 15) is 29.1 Å². The molecule has 2 aromatic rings. The summed E-state index contributed by atoms with van der Waals surface area (Å²) in [6, 6.07) is 3.50. The number of aliphatic carboxylic acids is 2. The minimum Gasteiger partial charge on any atom is -0.481 e. The summed E-state index contributed by atoms with van der Waals surface area (Å²) in [5, 5.41) is 34.6. The van der Waals surface area contributed by atoms with E-state index in [1.165, 1.54) is 0 Å². The molecule has 1 heterocycles. The van der Waals surface area contributed by atoms with Crippen LogP contribution in [0, 0.1) is 0 Å². The molecule has 0 aliphatic rings. The highest BCUT2D eigenvalue weighted by atomic mass is 16.4. The normalized spacial score (nSPS) is 13.5. The van der Waals surface area contributed by atoms with Crippen molar-refractivity contribution < 1.29 is 39.3 Å². The zero-order chi connectivity index (χ0) is 25.3. The Labute approximate surface area is 193 Å². The van der Waals surface area contributed by atoms with Gasteiger partial charge in [-0.1, -0.05) is 18.2 Å². The second-order valence-corrected chi connectivity index (χ2v) is 7.52. The minimum absolute atomic E-state index is 0.147. The predicted octanol–water partition coefficient (Wildman–Crippen LogP) is -1.93. The Bertz CT molecular complexity index is 1050. The Kier molecular flexibility index (Phi) is 9.52. The lowest BCUT2D eigenvalue weighted by Gasteiger charge is -2.22. The zero-order valence-electron chi connectivity index (χ0n) is 18.1. The number of para-hydroxylation sites is 1. The summed E-state index contributed by atoms with van der Waals surface area (Å²) in [4.78, 5) is 61.8. The largest absolute Gasteiger partial charge is 0.481 e. The van der Waals surface area contributed by atoms with E-state index in [0.717, 1.165) is 16.5 Å². The van der Waals surface area contributed by atoms with Crippen LogP contribution in [0.4, 0.5) is 0 Å². The Balaban J connectivity index is 2.00. The third-order valence-electron chi connectivity index (χ3n) is 4.96. The Morgan fingerprint density at radius 3 is 2.26 bits per heavy atom. The number of benzene rings is 1. The molecule has 0 radical (unpaired) electrons. The van der Waals surface area contributed by atoms with Crippen molar-refractivity contribution in [2.45, 2.75) is 37.4 Å². The maximum Gasteiger partial charge on any atom is 0.322 e. The van der Waals surface area contributed by atoms with E-state index in [4.69, 9.17) is 15.9 Å². The number of hydrogen-bond acceptors (Lipinski definition) is 7. The number of H-pyrrole nitrogens is 1. The van der Waals surface area contributed by atoms with Crippen molar-refractivity contribution >= 4 is 40.6 Å². The number of carbonyl (C=O) groups excluding carboxylic acids is 3. The van der Waals surface area contributed by atoms with Crippen LogP contribution >= 0.6 is 0 Å². The number of carboxylic acid groups (broad SMARTS) is 2. The molecular formula is C21H27N5O8. The Hall–Kier alpha value is -3.97. The predicted molar refractivity (Wildman–Crippen MR) is 118 cm³/mol. The molecule has 0 fully saturated rings. The molecule has 0 saturated carbocycles. The van der Waals surface area contributed by atoms with Crippen molar-refractivity contribution in [3.8, 4) is 0 Å². The number of aliphatic hydroxyl groups excluding tert-OH is 1. The smallest absolute Gasteiger partial charge is 0.322 e. The molecule has 3 unspecified atom stereocenters. The number of nitrogens with one attached hydrogen (secondary N) is 4. The fraction of sp³-hybridized carbons (Fsp3) is 0.381. The van der Waals surface area contributed by atoms with Crippen LogP contribution in [0.15, 0.2) is 30.5 Å². The fourth-order valence-electron chi connectivity index (χ4n) is 3.20. The van der Waals surface area contributed by atoms with Gasteiger partial charge < -0.3 is 42.0 Å². The van der Waals surface area contributed by atoms with Crippen molar-refractivity contribution in [3.05, 3.63) is 36.0 Å². The van der Waals surface area contributed by atoms with Crippen LogP contribution in [-0.2, 0) is 30.4 Å². The van der Waals surface area contributed by atoms with E-state index in [-0.39, 0.29) is 12.8 Å². The van der Waals surface area contributed by atoms with Crippen molar-refractivity contribution in [2.24, 2.45) is 5.73 Å². The van der Waals surface area contributed by atoms with Crippen LogP contribution in [0.5, 0.6) is 0 Å². The average molecular weight is 477 g/mol. The number of carboxylic acids is 2. The van der Waals surface area contributed by atoms with E-state index >= 15 is 0 Å². The number of carbonyl (C=O) groups is 5. The standard InChI is InChI=1S/C21H27N5O8/c22-13(7-11-8-23-14-4-2-1-3-12(11)14)19(32)26-16(10-27)21(34)25-15(5-6-17(28)29)20(33)24-9-18(30)31/h1-4,8,13,15-16,23,27H,5-7,9-10,22H2,(H,24,33)(H,25,34)(H,26,32)(H,28,29)(H,30,31). The van der Waals surface area contributed by atoms with Gasteiger partial charge in [0.1, 0.15) is 18.6 Å². The number of aliphatic hydroxyl groups is 1. The molecule has 3 amide bonds. The van der Waals surface area contributed by atoms with Gasteiger partial charge in [0.2, 0.25) is 17.7 Å². The number of fused-ring (bicyclic) bond motifs is 1. The van der Waals surface area contributed by atoms with Crippen LogP contribution in [-0.4, -0.2) is 81.2 Å². The van der Waals surface area contributed by atoms with E-state index < -0.39 is 67.4 Å². The Morgan fingerprint density at radius 1 is 0.941 bits per heavy atom. The Morgan fingerprint density at radius 2 is 1.62 bits per heavy atom. The van der Waals surface area contributed by atoms with Crippen LogP contribution in [0.3, 0.4) is 0 Å². The van der Waals surface area contributed by atoms with Gasteiger partial charge in [-0.2, -0.15) is 0 Å². The third-order valence-corrected chi connectivity index (χ3v) is 4.96. The van der Waals surface area contributed by atoms with Crippen LogP contribution < -0.4 is 21.7 Å². The van der Waals surface area contributed by atoms with E-state index in [2.05, 4.69) is 15.6 Å². The van der Waals surface area contributed by atoms with Gasteiger partial charge >= 0.3 is 11.9 Å². The molecule has 1 aromatic heterocycles. The second-order valence-electron chi connectivity index (χ2n) is 7.52. The first-order valence-electron chi connectivity index (χ1n) is 10.4. The number of aromatic nitrogens is 1. The number of rotatable bonds is 13. The molecule has 13 nitrogen and oxygen atoms in total. The fourth-order valence-corrected chi connectivity index (χ4v) is 3.20. The van der Waals surface area contributed by atoms with Gasteiger partial charge in [0.25, 0.3) is 0 Å². The first kappa shape index (κ1) is 26.3. The molecule has 2 rings (SSSR count). The van der Waals surface area contributed by atoms with Crippen LogP contribution in [0.2, 0.25) is 0 Å². The number of aromatic amines is 1. The molecule has 9 N–H and O–H groups in total. The molecule has 184 valence electrons. The quantitative estimate of drug-likeness (QED) is 0.160. The topological polar surface area (TPSA) is 224 Å². The molecule has 3 atom stereocenters. The maximum absolute atomic E-state index is 12.5. The average Bonchev–Trinajstić information content (AvgIpc) is 3.20. The van der Waals surface area contributed by atoms with Gasteiger partial charge in [0.15, 0.2) is 0 Å². The van der Waals surface area contributed by atoms with E-state index in [1.54, 1.807) is 6.20 Å². The second kappa shape index (κ2) is 12.3. The maximum atomic E-state index is 12.5. The first-order valence-corrected chi connectivity index (χ1v) is 10.4. The molecule has 0 spiro atoms. The van der Waals surface area contributed by atoms with Crippen LogP contribution in [0.25, 0.3) is 10.9 Å². The van der Waals surface area contributed by atoms with Crippen molar-refractivity contribution in [2.75, 3.05) is 13.2 Å². The molecule has 1 aromatic carbocycles. The highest BCUT2D eigenvalue weighted by molar-refractivity contribution is 5.94. The van der Waals surface area contributed by atoms with E-state index in [1.807, 2.05) is 29.6 Å². The lowest BCUT2D eigenvalue weighted by molar-refractivity contribution is -0.140. The molecule has 34 heavy (non-hydrogen) atoms. The highest BCUT2D eigenvalue weighted by Gasteiger charge is 2.28. The number of hydrogen-bond donors (Lipinski definition) is 8. The molecule has 0 saturated heterocycles. The summed E-state index contributed by atoms with van der Waals surface area (Å²) in [6.45, 7) is -1.55. The zero-order valence-corrected chi connectivity index (χ0v) is 18.1. The summed E-state index contributed by atoms with van der Waals surface area (Å²) >= 11 is 0. The summed E-state index contributed by atoms with van der Waals surface area (Å²) in [6.07, 6.45) is 1.04. The van der Waals surface area contributed by atoms with Crippen LogP contribution in [0.1, 0.15) is 18.4 Å². The van der Waals surface area contributed by atoms with Gasteiger partial charge in [-0.05, 0) is 24.5 Å². The molecular weight excluding hydrogens is 450 g/mol. The van der Waals surface area contributed by atoms with Gasteiger partial charge in [-0.15, -0.1) is 0 Å². The summed E-state index contributed by atoms with van der Waals surface area (Å²) < 4.78 is 0. The minimum atomic E-state index is -1.47. The van der Waals surface area contributed by atoms with Crippen molar-refractivity contribution in [3.63, 3.8) is 0 Å². The van der Waals surface area contributed by atoms with Crippen molar-refractivity contribution in [1.29, 1.82) is 0 Å². The summed E-state index contributed by atoms with van der Waals surface area (Å²) in [7, 11) is 0. The lowest BCUT2D eigenvalue weighted by Crippen LogP contribution is -2.57. The molecule has 0 aliphatic heterocycles. The monoisotopic (exact) mass is 477 g/mol.